The second kappa shape index (κ2) is 3.11. The Morgan fingerprint density at radius 3 is 1.50 bits per heavy atom. The zero-order valence-corrected chi connectivity index (χ0v) is 8.84. The molecule has 0 aromatic heterocycles. The topological polar surface area (TPSA) is 52.0 Å². The van der Waals surface area contributed by atoms with E-state index in [-0.39, 0.29) is 0 Å². The molecule has 0 bridgehead atoms. The van der Waals surface area contributed by atoms with Crippen molar-refractivity contribution in [3.05, 3.63) is 11.1 Å². The molecular formula is C8H12N2S2. The Balaban J connectivity index is 3.60. The monoisotopic (exact) mass is 200 g/mol. The Labute approximate surface area is 83.2 Å². The van der Waals surface area contributed by atoms with Crippen molar-refractivity contribution in [1.82, 2.24) is 0 Å². The fourth-order valence-corrected chi connectivity index (χ4v) is 1.66. The molecule has 0 spiro atoms. The normalized spacial score (nSPS) is 10.3. The number of anilines is 2. The first-order valence-electron chi connectivity index (χ1n) is 3.52. The smallest absolute Gasteiger partial charge is 0.0503 e. The maximum atomic E-state index is 5.76. The number of hydrogen-bond donors (Lipinski definition) is 4. The van der Waals surface area contributed by atoms with Crippen molar-refractivity contribution in [2.45, 2.75) is 23.6 Å². The van der Waals surface area contributed by atoms with E-state index in [9.17, 15) is 0 Å². The largest absolute Gasteiger partial charge is 0.398 e. The van der Waals surface area contributed by atoms with Gasteiger partial charge >= 0.3 is 0 Å². The van der Waals surface area contributed by atoms with Gasteiger partial charge in [-0.3, -0.25) is 0 Å². The summed E-state index contributed by atoms with van der Waals surface area (Å²) in [5.74, 6) is 0. The predicted octanol–water partition coefficient (Wildman–Crippen LogP) is 2.05. The molecule has 12 heavy (non-hydrogen) atoms. The molecule has 4 heteroatoms. The third kappa shape index (κ3) is 1.25. The van der Waals surface area contributed by atoms with Crippen LogP contribution in [0.3, 0.4) is 0 Å². The minimum Gasteiger partial charge on any atom is -0.398 e. The lowest BCUT2D eigenvalue weighted by Gasteiger charge is -2.13. The highest BCUT2D eigenvalue weighted by molar-refractivity contribution is 7.81. The average Bonchev–Trinajstić information content (AvgIpc) is 2.08. The SMILES string of the molecule is Cc1c(N)c(S)c(C)c(S)c1N. The predicted molar refractivity (Wildman–Crippen MR) is 59.2 cm³/mol. The maximum Gasteiger partial charge on any atom is 0.0503 e. The highest BCUT2D eigenvalue weighted by Gasteiger charge is 2.10. The van der Waals surface area contributed by atoms with Gasteiger partial charge in [-0.05, 0) is 25.0 Å². The van der Waals surface area contributed by atoms with E-state index >= 15 is 0 Å². The minimum absolute atomic E-state index is 0.645. The quantitative estimate of drug-likeness (QED) is 0.383. The molecule has 0 saturated carbocycles. The number of nitrogens with two attached hydrogens (primary N) is 2. The van der Waals surface area contributed by atoms with Gasteiger partial charge in [-0.1, -0.05) is 0 Å². The van der Waals surface area contributed by atoms with Crippen LogP contribution in [0.1, 0.15) is 11.1 Å². The van der Waals surface area contributed by atoms with Gasteiger partial charge in [-0.2, -0.15) is 0 Å². The third-order valence-corrected chi connectivity index (χ3v) is 3.18. The van der Waals surface area contributed by atoms with Crippen molar-refractivity contribution in [2.75, 3.05) is 11.5 Å². The highest BCUT2D eigenvalue weighted by atomic mass is 32.1. The van der Waals surface area contributed by atoms with Gasteiger partial charge < -0.3 is 11.5 Å². The van der Waals surface area contributed by atoms with E-state index in [0.29, 0.717) is 11.4 Å². The summed E-state index contributed by atoms with van der Waals surface area (Å²) in [7, 11) is 0. The molecule has 0 heterocycles. The molecule has 0 unspecified atom stereocenters. The molecule has 2 nitrogen and oxygen atoms in total. The lowest BCUT2D eigenvalue weighted by Crippen LogP contribution is -2.01. The van der Waals surface area contributed by atoms with Crippen molar-refractivity contribution >= 4 is 36.6 Å². The standard InChI is InChI=1S/C8H12N2S2/c1-3-5(9)7(11)4(2)8(12)6(3)10/h11-12H,9-10H2,1-2H3. The van der Waals surface area contributed by atoms with Gasteiger partial charge in [0, 0.05) is 9.79 Å². The first-order valence-corrected chi connectivity index (χ1v) is 4.42. The lowest BCUT2D eigenvalue weighted by molar-refractivity contribution is 1.18. The molecule has 0 radical (unpaired) electrons. The Morgan fingerprint density at radius 2 is 1.17 bits per heavy atom. The molecule has 66 valence electrons. The number of nitrogen functional groups attached to an aromatic ring is 2. The van der Waals surface area contributed by atoms with Gasteiger partial charge in [0.2, 0.25) is 0 Å². The third-order valence-electron chi connectivity index (χ3n) is 2.03. The summed E-state index contributed by atoms with van der Waals surface area (Å²) >= 11 is 8.54. The van der Waals surface area contributed by atoms with Crippen LogP contribution in [-0.4, -0.2) is 0 Å². The zero-order valence-electron chi connectivity index (χ0n) is 7.05. The summed E-state index contributed by atoms with van der Waals surface area (Å²) in [6.45, 7) is 3.76. The number of rotatable bonds is 0. The van der Waals surface area contributed by atoms with E-state index in [4.69, 9.17) is 11.5 Å². The first kappa shape index (κ1) is 9.61. The van der Waals surface area contributed by atoms with Gasteiger partial charge in [-0.25, -0.2) is 0 Å². The molecule has 0 aliphatic heterocycles. The van der Waals surface area contributed by atoms with Crippen LogP contribution in [0.2, 0.25) is 0 Å². The van der Waals surface area contributed by atoms with Crippen molar-refractivity contribution in [3.8, 4) is 0 Å². The van der Waals surface area contributed by atoms with Crippen LogP contribution in [0.15, 0.2) is 9.79 Å². The zero-order chi connectivity index (χ0) is 9.46. The van der Waals surface area contributed by atoms with E-state index in [1.807, 2.05) is 13.8 Å². The van der Waals surface area contributed by atoms with Crippen LogP contribution in [0.25, 0.3) is 0 Å². The van der Waals surface area contributed by atoms with Crippen LogP contribution < -0.4 is 11.5 Å². The van der Waals surface area contributed by atoms with Crippen LogP contribution in [0.4, 0.5) is 11.4 Å². The van der Waals surface area contributed by atoms with Gasteiger partial charge in [0.15, 0.2) is 0 Å². The number of benzene rings is 1. The van der Waals surface area contributed by atoms with Crippen LogP contribution >= 0.6 is 25.3 Å². The summed E-state index contributed by atoms with van der Waals surface area (Å²) in [6.07, 6.45) is 0. The molecule has 1 aromatic carbocycles. The Morgan fingerprint density at radius 1 is 0.833 bits per heavy atom. The molecule has 0 aliphatic carbocycles. The Kier molecular flexibility index (Phi) is 2.49. The van der Waals surface area contributed by atoms with E-state index in [2.05, 4.69) is 25.3 Å². The fraction of sp³-hybridized carbons (Fsp3) is 0.250. The van der Waals surface area contributed by atoms with Crippen molar-refractivity contribution in [3.63, 3.8) is 0 Å². The number of thiol groups is 2. The Bertz CT molecular complexity index is 229. The van der Waals surface area contributed by atoms with E-state index in [1.54, 1.807) is 0 Å². The lowest BCUT2D eigenvalue weighted by atomic mass is 10.1. The van der Waals surface area contributed by atoms with Gasteiger partial charge in [0.25, 0.3) is 0 Å². The number of hydrogen-bond acceptors (Lipinski definition) is 4. The van der Waals surface area contributed by atoms with Gasteiger partial charge in [0.1, 0.15) is 0 Å². The molecule has 0 aliphatic rings. The average molecular weight is 200 g/mol. The molecule has 0 atom stereocenters. The second-order valence-electron chi connectivity index (χ2n) is 2.77. The minimum atomic E-state index is 0.645. The second-order valence-corrected chi connectivity index (χ2v) is 3.67. The van der Waals surface area contributed by atoms with E-state index < -0.39 is 0 Å². The molecule has 0 saturated heterocycles. The molecule has 1 rings (SSSR count). The van der Waals surface area contributed by atoms with Crippen LogP contribution in [0, 0.1) is 13.8 Å². The van der Waals surface area contributed by atoms with E-state index in [1.165, 1.54) is 0 Å². The summed E-state index contributed by atoms with van der Waals surface area (Å²) in [5.41, 5.74) is 14.6. The maximum absolute atomic E-state index is 5.76. The van der Waals surface area contributed by atoms with Gasteiger partial charge in [-0.15, -0.1) is 25.3 Å². The molecule has 0 amide bonds. The summed E-state index contributed by atoms with van der Waals surface area (Å²) < 4.78 is 0. The fourth-order valence-electron chi connectivity index (χ4n) is 1.02. The molecule has 4 N–H and O–H groups in total. The van der Waals surface area contributed by atoms with Crippen LogP contribution in [-0.2, 0) is 0 Å². The summed E-state index contributed by atoms with van der Waals surface area (Å²) in [4.78, 5) is 1.54. The Hall–Kier alpha value is -0.480. The van der Waals surface area contributed by atoms with Crippen molar-refractivity contribution < 1.29 is 0 Å². The summed E-state index contributed by atoms with van der Waals surface area (Å²) in [6, 6.07) is 0. The summed E-state index contributed by atoms with van der Waals surface area (Å²) in [5, 5.41) is 0. The van der Waals surface area contributed by atoms with Crippen LogP contribution in [0.5, 0.6) is 0 Å². The molecular weight excluding hydrogens is 188 g/mol. The first-order chi connectivity index (χ1) is 5.46. The van der Waals surface area contributed by atoms with Crippen molar-refractivity contribution in [2.24, 2.45) is 0 Å². The molecule has 0 fully saturated rings. The molecule has 1 aromatic rings. The van der Waals surface area contributed by atoms with Gasteiger partial charge in [0.05, 0.1) is 11.4 Å². The highest BCUT2D eigenvalue weighted by Crippen LogP contribution is 2.35. The van der Waals surface area contributed by atoms with E-state index in [0.717, 1.165) is 20.9 Å². The van der Waals surface area contributed by atoms with Crippen molar-refractivity contribution in [1.29, 1.82) is 0 Å².